The number of carbonyl (C=O) groups is 1. The van der Waals surface area contributed by atoms with E-state index in [4.69, 9.17) is 17.2 Å². The number of nitrogens with two attached hydrogens (primary N) is 3. The molecule has 0 aliphatic rings. The van der Waals surface area contributed by atoms with Crippen molar-refractivity contribution in [2.75, 3.05) is 6.54 Å². The SMILES string of the molecule is CCC(N)(CC)NC(CCCCN)C(N)=O. The van der Waals surface area contributed by atoms with Crippen LogP contribution in [0.25, 0.3) is 0 Å². The Hall–Kier alpha value is -0.650. The zero-order valence-electron chi connectivity index (χ0n) is 10.5. The quantitative estimate of drug-likeness (QED) is 0.331. The van der Waals surface area contributed by atoms with Crippen molar-refractivity contribution >= 4 is 5.91 Å². The smallest absolute Gasteiger partial charge is 0.234 e. The Morgan fingerprint density at radius 3 is 2.25 bits per heavy atom. The lowest BCUT2D eigenvalue weighted by Gasteiger charge is -2.32. The second-order valence-electron chi connectivity index (χ2n) is 4.25. The summed E-state index contributed by atoms with van der Waals surface area (Å²) < 4.78 is 0. The Kier molecular flexibility index (Phi) is 7.29. The molecule has 0 aliphatic heterocycles. The molecule has 1 unspecified atom stereocenters. The second kappa shape index (κ2) is 7.60. The fourth-order valence-corrected chi connectivity index (χ4v) is 1.58. The molecule has 0 saturated carbocycles. The molecule has 0 aliphatic carbocycles. The van der Waals surface area contributed by atoms with Gasteiger partial charge in [-0.1, -0.05) is 20.3 Å². The average molecular weight is 230 g/mol. The third kappa shape index (κ3) is 5.44. The van der Waals surface area contributed by atoms with Crippen LogP contribution in [0.2, 0.25) is 0 Å². The van der Waals surface area contributed by atoms with Crippen molar-refractivity contribution in [1.82, 2.24) is 5.32 Å². The van der Waals surface area contributed by atoms with Gasteiger partial charge in [0.2, 0.25) is 5.91 Å². The van der Waals surface area contributed by atoms with Crippen LogP contribution < -0.4 is 22.5 Å². The van der Waals surface area contributed by atoms with Crippen molar-refractivity contribution in [3.63, 3.8) is 0 Å². The summed E-state index contributed by atoms with van der Waals surface area (Å²) in [6.07, 6.45) is 4.03. The van der Waals surface area contributed by atoms with Gasteiger partial charge in [-0.05, 0) is 32.2 Å². The van der Waals surface area contributed by atoms with E-state index in [0.717, 1.165) is 25.7 Å². The van der Waals surface area contributed by atoms with Crippen LogP contribution in [0, 0.1) is 0 Å². The molecule has 0 fully saturated rings. The van der Waals surface area contributed by atoms with Crippen molar-refractivity contribution in [2.45, 2.75) is 57.7 Å². The van der Waals surface area contributed by atoms with Gasteiger partial charge >= 0.3 is 0 Å². The third-order valence-corrected chi connectivity index (χ3v) is 3.01. The topological polar surface area (TPSA) is 107 Å². The molecular weight excluding hydrogens is 204 g/mol. The van der Waals surface area contributed by atoms with E-state index in [1.54, 1.807) is 0 Å². The predicted molar refractivity (Wildman–Crippen MR) is 66.5 cm³/mol. The molecule has 0 bridgehead atoms. The molecule has 1 amide bonds. The molecule has 0 spiro atoms. The highest BCUT2D eigenvalue weighted by molar-refractivity contribution is 5.79. The van der Waals surface area contributed by atoms with E-state index >= 15 is 0 Å². The Morgan fingerprint density at radius 1 is 1.31 bits per heavy atom. The molecule has 0 aromatic rings. The minimum Gasteiger partial charge on any atom is -0.368 e. The molecular formula is C11H26N4O. The molecule has 7 N–H and O–H groups in total. The summed E-state index contributed by atoms with van der Waals surface area (Å²) in [5.41, 5.74) is 16.4. The molecule has 16 heavy (non-hydrogen) atoms. The maximum Gasteiger partial charge on any atom is 0.234 e. The Bertz CT molecular complexity index is 204. The first-order chi connectivity index (χ1) is 7.49. The molecule has 0 aromatic carbocycles. The third-order valence-electron chi connectivity index (χ3n) is 3.01. The van der Waals surface area contributed by atoms with E-state index in [1.165, 1.54) is 0 Å². The first-order valence-electron chi connectivity index (χ1n) is 6.05. The Balaban J connectivity index is 4.26. The minimum absolute atomic E-state index is 0.339. The van der Waals surface area contributed by atoms with Crippen LogP contribution in [0.15, 0.2) is 0 Å². The van der Waals surface area contributed by atoms with Crippen LogP contribution in [0.4, 0.5) is 0 Å². The molecule has 1 atom stereocenters. The Morgan fingerprint density at radius 2 is 1.88 bits per heavy atom. The maximum absolute atomic E-state index is 11.3. The fourth-order valence-electron chi connectivity index (χ4n) is 1.58. The first-order valence-corrected chi connectivity index (χ1v) is 6.05. The number of rotatable bonds is 9. The van der Waals surface area contributed by atoms with Crippen molar-refractivity contribution in [3.8, 4) is 0 Å². The standard InChI is InChI=1S/C11H26N4O/c1-3-11(14,4-2)15-9(10(13)16)7-5-6-8-12/h9,15H,3-8,12,14H2,1-2H3,(H2,13,16). The zero-order chi connectivity index (χ0) is 12.6. The number of nitrogens with one attached hydrogen (secondary N) is 1. The molecule has 0 heterocycles. The fraction of sp³-hybridized carbons (Fsp3) is 0.909. The summed E-state index contributed by atoms with van der Waals surface area (Å²) in [5.74, 6) is -0.339. The molecule has 5 heteroatoms. The van der Waals surface area contributed by atoms with Gasteiger partial charge in [0.1, 0.15) is 0 Å². The minimum atomic E-state index is -0.498. The Labute approximate surface area is 98.1 Å². The van der Waals surface area contributed by atoms with E-state index in [9.17, 15) is 4.79 Å². The molecule has 5 nitrogen and oxygen atoms in total. The predicted octanol–water partition coefficient (Wildman–Crippen LogP) is 0.0339. The van der Waals surface area contributed by atoms with Crippen LogP contribution in [0.3, 0.4) is 0 Å². The lowest BCUT2D eigenvalue weighted by atomic mass is 10.0. The van der Waals surface area contributed by atoms with Crippen molar-refractivity contribution in [1.29, 1.82) is 0 Å². The molecule has 0 aromatic heterocycles. The van der Waals surface area contributed by atoms with E-state index in [-0.39, 0.29) is 11.9 Å². The normalized spacial score (nSPS) is 13.8. The lowest BCUT2D eigenvalue weighted by molar-refractivity contribution is -0.120. The summed E-state index contributed by atoms with van der Waals surface area (Å²) in [6, 6.07) is -0.351. The highest BCUT2D eigenvalue weighted by Gasteiger charge is 2.26. The molecule has 96 valence electrons. The van der Waals surface area contributed by atoms with Gasteiger partial charge in [0.25, 0.3) is 0 Å². The van der Waals surface area contributed by atoms with Gasteiger partial charge in [0.05, 0.1) is 11.7 Å². The first kappa shape index (κ1) is 15.3. The van der Waals surface area contributed by atoms with E-state index in [1.807, 2.05) is 13.8 Å². The number of primary amides is 1. The number of carbonyl (C=O) groups excluding carboxylic acids is 1. The average Bonchev–Trinajstić information content (AvgIpc) is 2.27. The highest BCUT2D eigenvalue weighted by atomic mass is 16.1. The summed E-state index contributed by atoms with van der Waals surface area (Å²) in [5, 5.41) is 3.15. The van der Waals surface area contributed by atoms with Crippen molar-refractivity contribution < 1.29 is 4.79 Å². The van der Waals surface area contributed by atoms with Gasteiger partial charge in [-0.25, -0.2) is 0 Å². The van der Waals surface area contributed by atoms with E-state index < -0.39 is 5.66 Å². The summed E-state index contributed by atoms with van der Waals surface area (Å²) in [4.78, 5) is 11.3. The van der Waals surface area contributed by atoms with Gasteiger partial charge in [-0.2, -0.15) is 0 Å². The van der Waals surface area contributed by atoms with E-state index in [0.29, 0.717) is 13.0 Å². The van der Waals surface area contributed by atoms with E-state index in [2.05, 4.69) is 5.32 Å². The van der Waals surface area contributed by atoms with Crippen molar-refractivity contribution in [3.05, 3.63) is 0 Å². The van der Waals surface area contributed by atoms with Gasteiger partial charge in [-0.15, -0.1) is 0 Å². The summed E-state index contributed by atoms with van der Waals surface area (Å²) >= 11 is 0. The second-order valence-corrected chi connectivity index (χ2v) is 4.25. The van der Waals surface area contributed by atoms with Crippen LogP contribution >= 0.6 is 0 Å². The van der Waals surface area contributed by atoms with Crippen LogP contribution in [-0.2, 0) is 4.79 Å². The number of unbranched alkanes of at least 4 members (excludes halogenated alkanes) is 1. The van der Waals surface area contributed by atoms with Gasteiger partial charge in [0, 0.05) is 0 Å². The summed E-state index contributed by atoms with van der Waals surface area (Å²) in [6.45, 7) is 4.63. The molecule has 0 rings (SSSR count). The van der Waals surface area contributed by atoms with Gasteiger partial charge < -0.3 is 17.2 Å². The van der Waals surface area contributed by atoms with Crippen LogP contribution in [-0.4, -0.2) is 24.2 Å². The van der Waals surface area contributed by atoms with Gasteiger partial charge in [-0.3, -0.25) is 10.1 Å². The monoisotopic (exact) mass is 230 g/mol. The zero-order valence-corrected chi connectivity index (χ0v) is 10.5. The molecule has 0 radical (unpaired) electrons. The number of hydrogen-bond donors (Lipinski definition) is 4. The molecule has 0 saturated heterocycles. The van der Waals surface area contributed by atoms with Gasteiger partial charge in [0.15, 0.2) is 0 Å². The number of amides is 1. The highest BCUT2D eigenvalue weighted by Crippen LogP contribution is 2.11. The van der Waals surface area contributed by atoms with Crippen LogP contribution in [0.1, 0.15) is 46.0 Å². The largest absolute Gasteiger partial charge is 0.368 e. The van der Waals surface area contributed by atoms with Crippen LogP contribution in [0.5, 0.6) is 0 Å². The number of hydrogen-bond acceptors (Lipinski definition) is 4. The summed E-state index contributed by atoms with van der Waals surface area (Å²) in [7, 11) is 0. The van der Waals surface area contributed by atoms with Crippen molar-refractivity contribution in [2.24, 2.45) is 17.2 Å². The maximum atomic E-state index is 11.3. The lowest BCUT2D eigenvalue weighted by Crippen LogP contribution is -2.59.